The Morgan fingerprint density at radius 1 is 1.00 bits per heavy atom. The summed E-state index contributed by atoms with van der Waals surface area (Å²) in [6.45, 7) is 1.56. The van der Waals surface area contributed by atoms with Crippen molar-refractivity contribution < 1.29 is 4.79 Å². The molecule has 3 atom stereocenters. The van der Waals surface area contributed by atoms with E-state index >= 15 is 0 Å². The van der Waals surface area contributed by atoms with E-state index in [4.69, 9.17) is 5.73 Å². The van der Waals surface area contributed by atoms with E-state index in [2.05, 4.69) is 71.5 Å². The predicted octanol–water partition coefficient (Wildman–Crippen LogP) is 2.39. The number of nitrogens with two attached hydrogens (primary N) is 1. The van der Waals surface area contributed by atoms with Crippen LogP contribution in [0.15, 0.2) is 60.7 Å². The first-order chi connectivity index (χ1) is 14.2. The van der Waals surface area contributed by atoms with Crippen LogP contribution in [0.2, 0.25) is 0 Å². The minimum Gasteiger partial charge on any atom is -0.341 e. The van der Waals surface area contributed by atoms with E-state index in [9.17, 15) is 4.79 Å². The molecule has 5 rings (SSSR count). The zero-order valence-electron chi connectivity index (χ0n) is 16.8. The number of amides is 1. The normalized spacial score (nSPS) is 28.1. The standard InChI is InChI=1S/C24H30N4O/c25-24(13-7-14-24)23(29)28-15-12-20-19(16-28)22(27-26-20)21(17-8-3-1-4-9-17)18-10-5-2-6-11-18/h1-6,8-11,19-22,26-27H,7,12-16,25H2. The maximum absolute atomic E-state index is 13.1. The molecular weight excluding hydrogens is 360 g/mol. The lowest BCUT2D eigenvalue weighted by Gasteiger charge is -2.44. The Hall–Kier alpha value is -2.21. The van der Waals surface area contributed by atoms with Crippen LogP contribution in [0.5, 0.6) is 0 Å². The summed E-state index contributed by atoms with van der Waals surface area (Å²) in [7, 11) is 0. The first kappa shape index (κ1) is 18.8. The second-order valence-electron chi connectivity index (χ2n) is 8.93. The third-order valence-corrected chi connectivity index (χ3v) is 7.19. The second kappa shape index (κ2) is 7.56. The number of nitrogens with zero attached hydrogens (tertiary/aromatic N) is 1. The van der Waals surface area contributed by atoms with E-state index in [-0.39, 0.29) is 17.9 Å². The molecule has 2 aromatic rings. The van der Waals surface area contributed by atoms with E-state index in [0.29, 0.717) is 12.0 Å². The molecule has 0 bridgehead atoms. The van der Waals surface area contributed by atoms with Crippen LogP contribution in [-0.2, 0) is 4.79 Å². The Morgan fingerprint density at radius 2 is 1.62 bits per heavy atom. The van der Waals surface area contributed by atoms with Crippen LogP contribution < -0.4 is 16.6 Å². The largest absolute Gasteiger partial charge is 0.341 e. The van der Waals surface area contributed by atoms with Crippen LogP contribution in [0.1, 0.15) is 42.7 Å². The van der Waals surface area contributed by atoms with Gasteiger partial charge in [0.15, 0.2) is 0 Å². The van der Waals surface area contributed by atoms with Gasteiger partial charge in [0.2, 0.25) is 5.91 Å². The SMILES string of the molecule is NC1(C(=O)N2CCC3NNC(C(c4ccccc4)c4ccccc4)C3C2)CCC1. The minimum atomic E-state index is -0.611. The summed E-state index contributed by atoms with van der Waals surface area (Å²) >= 11 is 0. The molecule has 3 aliphatic rings. The predicted molar refractivity (Wildman–Crippen MR) is 114 cm³/mol. The van der Waals surface area contributed by atoms with Crippen LogP contribution in [0.25, 0.3) is 0 Å². The maximum atomic E-state index is 13.1. The molecule has 5 nitrogen and oxygen atoms in total. The lowest BCUT2D eigenvalue weighted by Crippen LogP contribution is -2.62. The number of nitrogens with one attached hydrogen (secondary N) is 2. The molecule has 5 heteroatoms. The summed E-state index contributed by atoms with van der Waals surface area (Å²) in [5.74, 6) is 0.733. The van der Waals surface area contributed by atoms with Gasteiger partial charge in [-0.05, 0) is 36.8 Å². The molecule has 0 aromatic heterocycles. The molecule has 1 aliphatic carbocycles. The Balaban J connectivity index is 1.43. The number of carbonyl (C=O) groups excluding carboxylic acids is 1. The zero-order valence-corrected chi connectivity index (χ0v) is 16.8. The van der Waals surface area contributed by atoms with Crippen LogP contribution in [0.4, 0.5) is 0 Å². The first-order valence-electron chi connectivity index (χ1n) is 10.8. The lowest BCUT2D eigenvalue weighted by molar-refractivity contribution is -0.142. The fraction of sp³-hybridized carbons (Fsp3) is 0.458. The van der Waals surface area contributed by atoms with Gasteiger partial charge in [-0.25, -0.2) is 0 Å². The molecule has 29 heavy (non-hydrogen) atoms. The Kier molecular flexibility index (Phi) is 4.90. The summed E-state index contributed by atoms with van der Waals surface area (Å²) in [5, 5.41) is 0. The fourth-order valence-corrected chi connectivity index (χ4v) is 5.36. The second-order valence-corrected chi connectivity index (χ2v) is 8.93. The summed E-state index contributed by atoms with van der Waals surface area (Å²) < 4.78 is 0. The third kappa shape index (κ3) is 3.37. The molecule has 1 amide bonds. The fourth-order valence-electron chi connectivity index (χ4n) is 5.36. The average Bonchev–Trinajstić information content (AvgIpc) is 3.16. The molecule has 3 unspecified atom stereocenters. The third-order valence-electron chi connectivity index (χ3n) is 7.19. The number of hydrazine groups is 1. The lowest BCUT2D eigenvalue weighted by atomic mass is 9.74. The molecule has 152 valence electrons. The van der Waals surface area contributed by atoms with Gasteiger partial charge in [0.05, 0.1) is 5.54 Å². The topological polar surface area (TPSA) is 70.4 Å². The number of likely N-dealkylation sites (tertiary alicyclic amines) is 1. The van der Waals surface area contributed by atoms with Crippen LogP contribution in [0.3, 0.4) is 0 Å². The van der Waals surface area contributed by atoms with Crippen molar-refractivity contribution in [2.45, 2.75) is 49.2 Å². The maximum Gasteiger partial charge on any atom is 0.242 e. The highest BCUT2D eigenvalue weighted by atomic mass is 16.2. The van der Waals surface area contributed by atoms with Crippen molar-refractivity contribution in [2.75, 3.05) is 13.1 Å². The van der Waals surface area contributed by atoms with Gasteiger partial charge in [0.25, 0.3) is 0 Å². The molecule has 1 saturated carbocycles. The van der Waals surface area contributed by atoms with Crippen molar-refractivity contribution in [3.05, 3.63) is 71.8 Å². The zero-order chi connectivity index (χ0) is 19.8. The number of hydrogen-bond acceptors (Lipinski definition) is 4. The molecule has 2 heterocycles. The van der Waals surface area contributed by atoms with E-state index < -0.39 is 5.54 Å². The molecule has 2 aliphatic heterocycles. The average molecular weight is 391 g/mol. The summed E-state index contributed by atoms with van der Waals surface area (Å²) in [6, 6.07) is 22.0. The summed E-state index contributed by atoms with van der Waals surface area (Å²) in [5.41, 5.74) is 15.5. The van der Waals surface area contributed by atoms with Crippen LogP contribution in [0, 0.1) is 5.92 Å². The number of benzene rings is 2. The molecule has 2 saturated heterocycles. The number of carbonyl (C=O) groups is 1. The van der Waals surface area contributed by atoms with Crippen molar-refractivity contribution >= 4 is 5.91 Å². The van der Waals surface area contributed by atoms with Crippen molar-refractivity contribution in [2.24, 2.45) is 11.7 Å². The Bertz CT molecular complexity index is 812. The Labute approximate surface area is 172 Å². The van der Waals surface area contributed by atoms with E-state index in [1.807, 2.05) is 4.90 Å². The quantitative estimate of drug-likeness (QED) is 0.750. The monoisotopic (exact) mass is 390 g/mol. The van der Waals surface area contributed by atoms with Gasteiger partial charge >= 0.3 is 0 Å². The highest BCUT2D eigenvalue weighted by Gasteiger charge is 2.48. The van der Waals surface area contributed by atoms with E-state index in [1.54, 1.807) is 0 Å². The van der Waals surface area contributed by atoms with Gasteiger partial charge in [-0.2, -0.15) is 0 Å². The molecule has 0 spiro atoms. The number of hydrogen-bond donors (Lipinski definition) is 3. The van der Waals surface area contributed by atoms with E-state index in [1.165, 1.54) is 11.1 Å². The molecule has 4 N–H and O–H groups in total. The van der Waals surface area contributed by atoms with Crippen molar-refractivity contribution in [1.82, 2.24) is 15.8 Å². The molecule has 2 aromatic carbocycles. The van der Waals surface area contributed by atoms with Gasteiger partial charge < -0.3 is 10.6 Å². The minimum absolute atomic E-state index is 0.156. The van der Waals surface area contributed by atoms with Crippen LogP contribution in [-0.4, -0.2) is 41.5 Å². The molecular formula is C24H30N4O. The number of rotatable bonds is 4. The van der Waals surface area contributed by atoms with Gasteiger partial charge in [-0.1, -0.05) is 60.7 Å². The van der Waals surface area contributed by atoms with Gasteiger partial charge in [-0.15, -0.1) is 0 Å². The van der Waals surface area contributed by atoms with Crippen molar-refractivity contribution in [3.8, 4) is 0 Å². The number of fused-ring (bicyclic) bond motifs is 1. The first-order valence-corrected chi connectivity index (χ1v) is 10.8. The molecule has 0 radical (unpaired) electrons. The smallest absolute Gasteiger partial charge is 0.242 e. The van der Waals surface area contributed by atoms with E-state index in [0.717, 1.165) is 38.8 Å². The van der Waals surface area contributed by atoms with Gasteiger partial charge in [-0.3, -0.25) is 15.6 Å². The highest BCUT2D eigenvalue weighted by Crippen LogP contribution is 2.38. The van der Waals surface area contributed by atoms with Crippen molar-refractivity contribution in [1.29, 1.82) is 0 Å². The van der Waals surface area contributed by atoms with Gasteiger partial charge in [0, 0.05) is 37.0 Å². The highest BCUT2D eigenvalue weighted by molar-refractivity contribution is 5.87. The molecule has 3 fully saturated rings. The van der Waals surface area contributed by atoms with Crippen LogP contribution >= 0.6 is 0 Å². The summed E-state index contributed by atoms with van der Waals surface area (Å²) in [6.07, 6.45) is 3.68. The van der Waals surface area contributed by atoms with Crippen molar-refractivity contribution in [3.63, 3.8) is 0 Å². The number of piperidine rings is 1. The van der Waals surface area contributed by atoms with Gasteiger partial charge in [0.1, 0.15) is 0 Å². The Morgan fingerprint density at radius 3 is 2.17 bits per heavy atom. The summed E-state index contributed by atoms with van der Waals surface area (Å²) in [4.78, 5) is 15.1.